The average molecular weight is 346 g/mol. The van der Waals surface area contributed by atoms with Crippen LogP contribution in [0.25, 0.3) is 21.6 Å². The van der Waals surface area contributed by atoms with Crippen LogP contribution in [-0.2, 0) is 6.42 Å². The summed E-state index contributed by atoms with van der Waals surface area (Å²) in [4.78, 5) is 15.8. The van der Waals surface area contributed by atoms with E-state index < -0.39 is 0 Å². The predicted molar refractivity (Wildman–Crippen MR) is 104 cm³/mol. The van der Waals surface area contributed by atoms with Crippen LogP contribution in [0.4, 0.5) is 5.82 Å². The molecule has 4 aromatic rings. The number of benzene rings is 1. The Morgan fingerprint density at radius 3 is 2.60 bits per heavy atom. The fraction of sp³-hybridized carbons (Fsp3) is 0.150. The summed E-state index contributed by atoms with van der Waals surface area (Å²) < 4.78 is 0. The molecule has 3 aromatic heterocycles. The van der Waals surface area contributed by atoms with E-state index in [1.807, 2.05) is 18.2 Å². The molecule has 25 heavy (non-hydrogen) atoms. The molecule has 0 saturated carbocycles. The van der Waals surface area contributed by atoms with Gasteiger partial charge in [-0.1, -0.05) is 30.3 Å². The Morgan fingerprint density at radius 2 is 1.80 bits per heavy atom. The van der Waals surface area contributed by atoms with Crippen LogP contribution in [0.2, 0.25) is 0 Å². The largest absolute Gasteiger partial charge is 0.369 e. The van der Waals surface area contributed by atoms with Gasteiger partial charge in [-0.3, -0.25) is 4.98 Å². The molecular weight excluding hydrogens is 328 g/mol. The summed E-state index contributed by atoms with van der Waals surface area (Å²) in [5, 5.41) is 4.59. The molecule has 124 valence electrons. The zero-order chi connectivity index (χ0) is 17.1. The van der Waals surface area contributed by atoms with E-state index >= 15 is 0 Å². The highest BCUT2D eigenvalue weighted by molar-refractivity contribution is 7.18. The molecule has 0 spiro atoms. The first-order valence-electron chi connectivity index (χ1n) is 8.26. The van der Waals surface area contributed by atoms with Crippen LogP contribution >= 0.6 is 11.3 Å². The number of pyridine rings is 1. The van der Waals surface area contributed by atoms with Gasteiger partial charge in [-0.25, -0.2) is 9.97 Å². The highest BCUT2D eigenvalue weighted by atomic mass is 32.1. The third-order valence-corrected chi connectivity index (χ3v) is 4.95. The van der Waals surface area contributed by atoms with Gasteiger partial charge < -0.3 is 5.32 Å². The second-order valence-electron chi connectivity index (χ2n) is 5.87. The van der Waals surface area contributed by atoms with Crippen molar-refractivity contribution in [2.75, 3.05) is 11.9 Å². The van der Waals surface area contributed by atoms with E-state index in [4.69, 9.17) is 9.97 Å². The van der Waals surface area contributed by atoms with Gasteiger partial charge in [-0.2, -0.15) is 0 Å². The topological polar surface area (TPSA) is 50.7 Å². The minimum atomic E-state index is 0.735. The third kappa shape index (κ3) is 3.51. The molecule has 0 radical (unpaired) electrons. The number of hydrogen-bond acceptors (Lipinski definition) is 5. The number of anilines is 1. The number of thiophene rings is 1. The third-order valence-electron chi connectivity index (χ3n) is 4.00. The minimum Gasteiger partial charge on any atom is -0.369 e. The average Bonchev–Trinajstić information content (AvgIpc) is 3.03. The summed E-state index contributed by atoms with van der Waals surface area (Å²) in [6.07, 6.45) is 4.50. The Kier molecular flexibility index (Phi) is 4.39. The zero-order valence-corrected chi connectivity index (χ0v) is 14.8. The van der Waals surface area contributed by atoms with Crippen molar-refractivity contribution in [2.45, 2.75) is 13.3 Å². The predicted octanol–water partition coefficient (Wildman–Crippen LogP) is 4.72. The lowest BCUT2D eigenvalue weighted by Gasteiger charge is -2.09. The molecule has 0 amide bonds. The van der Waals surface area contributed by atoms with Crippen LogP contribution in [0.1, 0.15) is 10.4 Å². The van der Waals surface area contributed by atoms with Crippen molar-refractivity contribution in [3.63, 3.8) is 0 Å². The minimum absolute atomic E-state index is 0.735. The molecule has 0 aliphatic heterocycles. The second kappa shape index (κ2) is 6.99. The summed E-state index contributed by atoms with van der Waals surface area (Å²) in [5.41, 5.74) is 2.30. The van der Waals surface area contributed by atoms with Crippen molar-refractivity contribution in [2.24, 2.45) is 0 Å². The van der Waals surface area contributed by atoms with Crippen LogP contribution in [0.3, 0.4) is 0 Å². The molecule has 4 rings (SSSR count). The van der Waals surface area contributed by atoms with Crippen molar-refractivity contribution >= 4 is 27.4 Å². The monoisotopic (exact) mass is 346 g/mol. The first-order chi connectivity index (χ1) is 12.3. The van der Waals surface area contributed by atoms with Crippen molar-refractivity contribution in [3.8, 4) is 11.4 Å². The molecule has 4 nitrogen and oxygen atoms in total. The van der Waals surface area contributed by atoms with Gasteiger partial charge in [0.05, 0.1) is 5.39 Å². The van der Waals surface area contributed by atoms with Crippen molar-refractivity contribution in [3.05, 3.63) is 71.4 Å². The number of hydrogen-bond donors (Lipinski definition) is 1. The molecule has 0 aliphatic carbocycles. The van der Waals surface area contributed by atoms with Gasteiger partial charge in [0, 0.05) is 29.4 Å². The highest BCUT2D eigenvalue weighted by Crippen LogP contribution is 2.30. The van der Waals surface area contributed by atoms with Crippen LogP contribution in [0.5, 0.6) is 0 Å². The quantitative estimate of drug-likeness (QED) is 0.568. The molecule has 0 saturated heterocycles. The normalized spacial score (nSPS) is 10.9. The number of aryl methyl sites for hydroxylation is 1. The SMILES string of the molecule is Cc1cc2c(NCCc3ccccc3)nc(-c3ccncc3)nc2s1. The first kappa shape index (κ1) is 15.7. The number of nitrogens with zero attached hydrogens (tertiary/aromatic N) is 3. The van der Waals surface area contributed by atoms with Gasteiger partial charge in [0.2, 0.25) is 0 Å². The lowest BCUT2D eigenvalue weighted by Crippen LogP contribution is -2.07. The highest BCUT2D eigenvalue weighted by Gasteiger charge is 2.11. The molecule has 0 unspecified atom stereocenters. The fourth-order valence-electron chi connectivity index (χ4n) is 2.78. The summed E-state index contributed by atoms with van der Waals surface area (Å²) in [6.45, 7) is 2.94. The van der Waals surface area contributed by atoms with Crippen LogP contribution in [0, 0.1) is 6.92 Å². The number of fused-ring (bicyclic) bond motifs is 1. The standard InChI is InChI=1S/C20H18N4S/c1-14-13-17-19(22-12-7-15-5-3-2-4-6-15)23-18(24-20(17)25-14)16-8-10-21-11-9-16/h2-6,8-11,13H,7,12H2,1H3,(H,22,23,24). The Labute approximate surface area is 150 Å². The Hall–Kier alpha value is -2.79. The molecule has 0 bridgehead atoms. The van der Waals surface area contributed by atoms with E-state index in [0.717, 1.165) is 40.4 Å². The molecule has 0 atom stereocenters. The molecular formula is C20H18N4S. The Bertz CT molecular complexity index is 981. The number of nitrogens with one attached hydrogen (secondary N) is 1. The number of aromatic nitrogens is 3. The fourth-order valence-corrected chi connectivity index (χ4v) is 3.66. The van der Waals surface area contributed by atoms with Crippen LogP contribution < -0.4 is 5.32 Å². The zero-order valence-electron chi connectivity index (χ0n) is 13.9. The second-order valence-corrected chi connectivity index (χ2v) is 7.10. The van der Waals surface area contributed by atoms with Crippen LogP contribution in [-0.4, -0.2) is 21.5 Å². The van der Waals surface area contributed by atoms with Crippen LogP contribution in [0.15, 0.2) is 60.9 Å². The van der Waals surface area contributed by atoms with E-state index in [1.165, 1.54) is 10.4 Å². The van der Waals surface area contributed by atoms with Gasteiger partial charge in [-0.15, -0.1) is 11.3 Å². The van der Waals surface area contributed by atoms with Crippen molar-refractivity contribution < 1.29 is 0 Å². The summed E-state index contributed by atoms with van der Waals surface area (Å²) >= 11 is 1.70. The van der Waals surface area contributed by atoms with Gasteiger partial charge in [0.25, 0.3) is 0 Å². The maximum atomic E-state index is 4.77. The maximum Gasteiger partial charge on any atom is 0.163 e. The van der Waals surface area contributed by atoms with E-state index in [1.54, 1.807) is 23.7 Å². The van der Waals surface area contributed by atoms with Gasteiger partial charge in [0.15, 0.2) is 5.82 Å². The smallest absolute Gasteiger partial charge is 0.163 e. The molecule has 1 aromatic carbocycles. The van der Waals surface area contributed by atoms with Gasteiger partial charge >= 0.3 is 0 Å². The molecule has 1 N–H and O–H groups in total. The lowest BCUT2D eigenvalue weighted by atomic mass is 10.1. The van der Waals surface area contributed by atoms with Crippen molar-refractivity contribution in [1.82, 2.24) is 15.0 Å². The number of rotatable bonds is 5. The summed E-state index contributed by atoms with van der Waals surface area (Å²) in [7, 11) is 0. The molecule has 5 heteroatoms. The molecule has 3 heterocycles. The van der Waals surface area contributed by atoms with Crippen molar-refractivity contribution in [1.29, 1.82) is 0 Å². The van der Waals surface area contributed by atoms with E-state index in [9.17, 15) is 0 Å². The Balaban J connectivity index is 1.64. The summed E-state index contributed by atoms with van der Waals surface area (Å²) in [5.74, 6) is 1.64. The molecule has 0 fully saturated rings. The Morgan fingerprint density at radius 1 is 1.00 bits per heavy atom. The van der Waals surface area contributed by atoms with Gasteiger partial charge in [0.1, 0.15) is 10.6 Å². The van der Waals surface area contributed by atoms with Gasteiger partial charge in [-0.05, 0) is 37.1 Å². The first-order valence-corrected chi connectivity index (χ1v) is 9.07. The summed E-state index contributed by atoms with van der Waals surface area (Å²) in [6, 6.07) is 16.5. The lowest BCUT2D eigenvalue weighted by molar-refractivity contribution is 1.01. The molecule has 0 aliphatic rings. The maximum absolute atomic E-state index is 4.77. The van der Waals surface area contributed by atoms with E-state index in [-0.39, 0.29) is 0 Å². The van der Waals surface area contributed by atoms with E-state index in [2.05, 4.69) is 47.6 Å². The van der Waals surface area contributed by atoms with E-state index in [0.29, 0.717) is 0 Å².